The Morgan fingerprint density at radius 3 is 2.62 bits per heavy atom. The van der Waals surface area contributed by atoms with Gasteiger partial charge >= 0.3 is 12.0 Å². The number of ether oxygens (including phenoxy) is 1. The van der Waals surface area contributed by atoms with Gasteiger partial charge in [-0.25, -0.2) is 9.78 Å². The highest BCUT2D eigenvalue weighted by molar-refractivity contribution is 5.92. The van der Waals surface area contributed by atoms with Crippen molar-refractivity contribution in [1.82, 2.24) is 10.3 Å². The maximum atomic E-state index is 12.5. The van der Waals surface area contributed by atoms with E-state index in [0.717, 1.165) is 37.3 Å². The maximum absolute atomic E-state index is 12.5. The zero-order valence-corrected chi connectivity index (χ0v) is 16.8. The number of nitrogens with zero attached hydrogens (tertiary/aromatic N) is 2. The van der Waals surface area contributed by atoms with E-state index in [0.29, 0.717) is 18.7 Å². The van der Waals surface area contributed by atoms with E-state index in [1.165, 1.54) is 0 Å². The van der Waals surface area contributed by atoms with E-state index in [4.69, 9.17) is 4.74 Å². The minimum atomic E-state index is -0.449. The van der Waals surface area contributed by atoms with E-state index in [9.17, 15) is 9.59 Å². The number of nitrogens with one attached hydrogen (secondary N) is 2. The van der Waals surface area contributed by atoms with Gasteiger partial charge in [0, 0.05) is 25.8 Å². The van der Waals surface area contributed by atoms with Crippen molar-refractivity contribution in [3.63, 3.8) is 0 Å². The summed E-state index contributed by atoms with van der Waals surface area (Å²) in [7, 11) is 0. The number of hydrogen-bond acceptors (Lipinski definition) is 5. The molecule has 1 unspecified atom stereocenters. The molecular weight excluding hydrogens is 368 g/mol. The van der Waals surface area contributed by atoms with Gasteiger partial charge in [0.05, 0.1) is 18.2 Å². The van der Waals surface area contributed by atoms with Crippen molar-refractivity contribution in [2.75, 3.05) is 36.5 Å². The number of pyridine rings is 1. The lowest BCUT2D eigenvalue weighted by Gasteiger charge is -2.21. The zero-order chi connectivity index (χ0) is 20.5. The number of carbonyl (C=O) groups excluding carboxylic acids is 2. The van der Waals surface area contributed by atoms with Crippen LogP contribution < -0.4 is 15.5 Å². The van der Waals surface area contributed by atoms with Gasteiger partial charge in [-0.05, 0) is 43.9 Å². The molecule has 1 aliphatic rings. The first-order valence-corrected chi connectivity index (χ1v) is 10.1. The van der Waals surface area contributed by atoms with Crippen LogP contribution >= 0.6 is 0 Å². The Hall–Kier alpha value is -3.09. The minimum absolute atomic E-state index is 0.193. The lowest BCUT2D eigenvalue weighted by atomic mass is 9.99. The van der Waals surface area contributed by atoms with Crippen LogP contribution in [0.4, 0.5) is 16.3 Å². The topological polar surface area (TPSA) is 83.6 Å². The maximum Gasteiger partial charge on any atom is 0.319 e. The molecule has 2 N–H and O–H groups in total. The molecule has 1 fully saturated rings. The first-order valence-electron chi connectivity index (χ1n) is 10.1. The smallest absolute Gasteiger partial charge is 0.319 e. The molecule has 7 heteroatoms. The second-order valence-electron chi connectivity index (χ2n) is 7.04. The summed E-state index contributed by atoms with van der Waals surface area (Å²) in [6.45, 7) is 4.16. The minimum Gasteiger partial charge on any atom is -0.466 e. The number of urea groups is 1. The molecule has 1 aliphatic heterocycles. The molecule has 1 aromatic carbocycles. The van der Waals surface area contributed by atoms with E-state index in [2.05, 4.69) is 20.5 Å². The Balaban J connectivity index is 1.60. The van der Waals surface area contributed by atoms with Crippen molar-refractivity contribution >= 4 is 23.5 Å². The van der Waals surface area contributed by atoms with Gasteiger partial charge in [-0.3, -0.25) is 4.79 Å². The molecule has 0 radical (unpaired) electrons. The van der Waals surface area contributed by atoms with Crippen LogP contribution in [0.25, 0.3) is 0 Å². The molecule has 2 amide bonds. The van der Waals surface area contributed by atoms with Crippen LogP contribution in [0.5, 0.6) is 0 Å². The lowest BCUT2D eigenvalue weighted by Crippen LogP contribution is -2.37. The largest absolute Gasteiger partial charge is 0.466 e. The monoisotopic (exact) mass is 396 g/mol. The molecule has 2 aromatic rings. The summed E-state index contributed by atoms with van der Waals surface area (Å²) in [6.07, 6.45) is 4.49. The number of carbonyl (C=O) groups is 2. The second-order valence-corrected chi connectivity index (χ2v) is 7.04. The second kappa shape index (κ2) is 10.5. The highest BCUT2D eigenvalue weighted by Crippen LogP contribution is 2.25. The fourth-order valence-electron chi connectivity index (χ4n) is 3.46. The van der Waals surface area contributed by atoms with Crippen LogP contribution in [0.3, 0.4) is 0 Å². The fourth-order valence-corrected chi connectivity index (χ4v) is 3.46. The fraction of sp³-hybridized carbons (Fsp3) is 0.409. The van der Waals surface area contributed by atoms with Crippen molar-refractivity contribution < 1.29 is 14.3 Å². The molecule has 0 spiro atoms. The first kappa shape index (κ1) is 20.6. The number of rotatable bonds is 8. The van der Waals surface area contributed by atoms with Gasteiger partial charge in [0.2, 0.25) is 0 Å². The van der Waals surface area contributed by atoms with Crippen LogP contribution in [-0.2, 0) is 16.0 Å². The summed E-state index contributed by atoms with van der Waals surface area (Å²) >= 11 is 0. The Morgan fingerprint density at radius 1 is 1.14 bits per heavy atom. The van der Waals surface area contributed by atoms with Gasteiger partial charge in [-0.1, -0.05) is 30.3 Å². The van der Waals surface area contributed by atoms with Crippen LogP contribution in [0.1, 0.15) is 25.3 Å². The van der Waals surface area contributed by atoms with Crippen LogP contribution in [-0.4, -0.2) is 43.2 Å². The van der Waals surface area contributed by atoms with E-state index in [1.807, 2.05) is 36.4 Å². The van der Waals surface area contributed by atoms with E-state index >= 15 is 0 Å². The molecule has 7 nitrogen and oxygen atoms in total. The number of amides is 2. The first-order chi connectivity index (χ1) is 14.2. The summed E-state index contributed by atoms with van der Waals surface area (Å²) in [5.74, 6) is 0.0252. The van der Waals surface area contributed by atoms with E-state index in [-0.39, 0.29) is 18.5 Å². The highest BCUT2D eigenvalue weighted by atomic mass is 16.5. The van der Waals surface area contributed by atoms with Gasteiger partial charge in [-0.15, -0.1) is 0 Å². The average molecular weight is 396 g/mol. The number of benzene rings is 1. The van der Waals surface area contributed by atoms with Gasteiger partial charge in [0.25, 0.3) is 0 Å². The summed E-state index contributed by atoms with van der Waals surface area (Å²) in [4.78, 5) is 31.4. The lowest BCUT2D eigenvalue weighted by molar-refractivity contribution is -0.147. The predicted molar refractivity (Wildman–Crippen MR) is 113 cm³/mol. The molecule has 3 rings (SSSR count). The van der Waals surface area contributed by atoms with Crippen LogP contribution in [0.15, 0.2) is 48.7 Å². The quantitative estimate of drug-likeness (QED) is 0.670. The Bertz CT molecular complexity index is 807. The third-order valence-electron chi connectivity index (χ3n) is 4.89. The van der Waals surface area contributed by atoms with Gasteiger partial charge in [0.1, 0.15) is 0 Å². The molecule has 0 bridgehead atoms. The number of aromatic nitrogens is 1. The standard InChI is InChI=1S/C22H28N4O3/c1-2-29-21(27)18(15-17-9-4-3-5-10-17)16-24-22(28)25-19-11-8-12-23-20(19)26-13-6-7-14-26/h3-5,8-12,18H,2,6-7,13-16H2,1H3,(H2,24,25,28). The Labute approximate surface area is 171 Å². The number of esters is 1. The molecule has 0 aliphatic carbocycles. The average Bonchev–Trinajstić information content (AvgIpc) is 3.27. The zero-order valence-electron chi connectivity index (χ0n) is 16.8. The van der Waals surface area contributed by atoms with Crippen molar-refractivity contribution in [1.29, 1.82) is 0 Å². The molecule has 0 saturated carbocycles. The van der Waals surface area contributed by atoms with Crippen LogP contribution in [0, 0.1) is 5.92 Å². The molecule has 29 heavy (non-hydrogen) atoms. The van der Waals surface area contributed by atoms with Gasteiger partial charge < -0.3 is 20.3 Å². The van der Waals surface area contributed by atoms with Crippen molar-refractivity contribution in [3.05, 3.63) is 54.2 Å². The van der Waals surface area contributed by atoms with Crippen molar-refractivity contribution in [3.8, 4) is 0 Å². The molecule has 1 aromatic heterocycles. The van der Waals surface area contributed by atoms with Gasteiger partial charge in [0.15, 0.2) is 5.82 Å². The predicted octanol–water partition coefficient (Wildman–Crippen LogP) is 3.23. The van der Waals surface area contributed by atoms with E-state index < -0.39 is 5.92 Å². The molecule has 154 valence electrons. The third kappa shape index (κ3) is 5.94. The number of anilines is 2. The Kier molecular flexibility index (Phi) is 7.44. The highest BCUT2D eigenvalue weighted by Gasteiger charge is 2.22. The van der Waals surface area contributed by atoms with E-state index in [1.54, 1.807) is 19.2 Å². The third-order valence-corrected chi connectivity index (χ3v) is 4.89. The summed E-state index contributed by atoms with van der Waals surface area (Å²) in [5.41, 5.74) is 1.69. The molecule has 2 heterocycles. The molecule has 1 saturated heterocycles. The van der Waals surface area contributed by atoms with Crippen molar-refractivity contribution in [2.24, 2.45) is 5.92 Å². The SMILES string of the molecule is CCOC(=O)C(CNC(=O)Nc1cccnc1N1CCCC1)Cc1ccccc1. The number of hydrogen-bond donors (Lipinski definition) is 2. The van der Waals surface area contributed by atoms with Crippen LogP contribution in [0.2, 0.25) is 0 Å². The normalized spacial score (nSPS) is 14.3. The summed E-state index contributed by atoms with van der Waals surface area (Å²) < 4.78 is 5.19. The summed E-state index contributed by atoms with van der Waals surface area (Å²) in [5, 5.41) is 5.68. The summed E-state index contributed by atoms with van der Waals surface area (Å²) in [6, 6.07) is 13.0. The van der Waals surface area contributed by atoms with Crippen molar-refractivity contribution in [2.45, 2.75) is 26.2 Å². The molecule has 1 atom stereocenters. The molecular formula is C22H28N4O3. The van der Waals surface area contributed by atoms with Gasteiger partial charge in [-0.2, -0.15) is 0 Å². The Morgan fingerprint density at radius 2 is 1.90 bits per heavy atom.